The highest BCUT2D eigenvalue weighted by atomic mass is 15.0. The van der Waals surface area contributed by atoms with Gasteiger partial charge in [-0.3, -0.25) is 0 Å². The molecule has 0 bridgehead atoms. The molecule has 2 aliphatic carbocycles. The number of hydrogen-bond acceptors (Lipinski definition) is 0. The number of aromatic nitrogens is 1. The third kappa shape index (κ3) is 3.17. The number of nitrogens with zero attached hydrogens (tertiary/aromatic N) is 1. The first-order valence-electron chi connectivity index (χ1n) is 15.8. The number of hydrogen-bond donors (Lipinski definition) is 0. The van der Waals surface area contributed by atoms with Crippen molar-refractivity contribution in [3.05, 3.63) is 197 Å². The van der Waals surface area contributed by atoms with E-state index in [-0.39, 0.29) is 5.41 Å². The predicted octanol–water partition coefficient (Wildman–Crippen LogP) is 10.7. The molecule has 0 unspecified atom stereocenters. The molecule has 0 saturated heterocycles. The molecule has 0 fully saturated rings. The third-order valence-corrected chi connectivity index (χ3v) is 10.3. The maximum absolute atomic E-state index is 2.46. The largest absolute Gasteiger partial charge is 0.309 e. The second kappa shape index (κ2) is 9.17. The van der Waals surface area contributed by atoms with Crippen molar-refractivity contribution >= 4 is 21.8 Å². The van der Waals surface area contributed by atoms with Crippen molar-refractivity contribution in [3.63, 3.8) is 0 Å². The molecule has 0 aliphatic heterocycles. The molecular weight excluding hydrogens is 542 g/mol. The molecule has 7 aromatic carbocycles. The smallest absolute Gasteiger partial charge is 0.0725 e. The minimum absolute atomic E-state index is 0.319. The van der Waals surface area contributed by atoms with Gasteiger partial charge >= 0.3 is 0 Å². The molecule has 0 atom stereocenters. The summed E-state index contributed by atoms with van der Waals surface area (Å²) in [6, 6.07) is 60.7. The van der Waals surface area contributed by atoms with Gasteiger partial charge in [-0.25, -0.2) is 0 Å². The number of fused-ring (bicyclic) bond motifs is 13. The van der Waals surface area contributed by atoms with Crippen LogP contribution in [0.2, 0.25) is 0 Å². The molecule has 1 heteroatoms. The lowest BCUT2D eigenvalue weighted by atomic mass is 9.70. The molecule has 0 amide bonds. The first kappa shape index (κ1) is 24.7. The first-order valence-corrected chi connectivity index (χ1v) is 15.8. The van der Waals surface area contributed by atoms with Gasteiger partial charge in [-0.05, 0) is 73.8 Å². The minimum Gasteiger partial charge on any atom is -0.309 e. The van der Waals surface area contributed by atoms with E-state index in [1.54, 1.807) is 0 Å². The molecule has 210 valence electrons. The number of para-hydroxylation sites is 3. The van der Waals surface area contributed by atoms with E-state index in [1.165, 1.54) is 83.1 Å². The van der Waals surface area contributed by atoms with Crippen LogP contribution in [0.1, 0.15) is 33.4 Å². The van der Waals surface area contributed by atoms with Crippen molar-refractivity contribution in [2.45, 2.75) is 11.8 Å². The maximum atomic E-state index is 2.46. The Bertz CT molecular complexity index is 2410. The standard InChI is InChI=1S/C44H29N/c1-2-16-31(17-3-1)45-41-27-11-7-20-34(41)35-22-12-15-30(43(35)45)28-29-14-13-26-40-42(29)36-21-6-10-25-39(36)44(40)37-23-8-4-18-32(37)33-19-5-9-24-38(33)44/h1-27H,28H2. The Balaban J connectivity index is 1.25. The summed E-state index contributed by atoms with van der Waals surface area (Å²) in [5.74, 6) is 0. The normalized spacial score (nSPS) is 13.6. The fourth-order valence-corrected chi connectivity index (χ4v) is 8.65. The van der Waals surface area contributed by atoms with Gasteiger partial charge < -0.3 is 4.57 Å². The van der Waals surface area contributed by atoms with Gasteiger partial charge in [0.15, 0.2) is 0 Å². The second-order valence-electron chi connectivity index (χ2n) is 12.4. The highest BCUT2D eigenvalue weighted by Crippen LogP contribution is 2.63. The summed E-state index contributed by atoms with van der Waals surface area (Å²) < 4.78 is 2.46. The van der Waals surface area contributed by atoms with E-state index in [4.69, 9.17) is 0 Å². The maximum Gasteiger partial charge on any atom is 0.0725 e. The molecular formula is C44H29N. The van der Waals surface area contributed by atoms with E-state index in [1.807, 2.05) is 0 Å². The van der Waals surface area contributed by atoms with Crippen molar-refractivity contribution in [2.24, 2.45) is 0 Å². The van der Waals surface area contributed by atoms with Crippen LogP contribution in [-0.4, -0.2) is 4.57 Å². The van der Waals surface area contributed by atoms with Crippen molar-refractivity contribution < 1.29 is 0 Å². The van der Waals surface area contributed by atoms with E-state index in [0.29, 0.717) is 0 Å². The molecule has 2 aliphatic rings. The van der Waals surface area contributed by atoms with Gasteiger partial charge in [-0.1, -0.05) is 146 Å². The molecule has 0 radical (unpaired) electrons. The molecule has 1 nitrogen and oxygen atoms in total. The fraction of sp³-hybridized carbons (Fsp3) is 0.0455. The lowest BCUT2D eigenvalue weighted by molar-refractivity contribution is 0.793. The molecule has 8 aromatic rings. The lowest BCUT2D eigenvalue weighted by Gasteiger charge is -2.30. The van der Waals surface area contributed by atoms with Crippen LogP contribution in [0.5, 0.6) is 0 Å². The molecule has 0 N–H and O–H groups in total. The average Bonchev–Trinajstić information content (AvgIpc) is 3.72. The monoisotopic (exact) mass is 571 g/mol. The van der Waals surface area contributed by atoms with Crippen LogP contribution in [0.25, 0.3) is 49.7 Å². The Morgan fingerprint density at radius 1 is 0.400 bits per heavy atom. The minimum atomic E-state index is -0.319. The summed E-state index contributed by atoms with van der Waals surface area (Å²) in [6.45, 7) is 0. The summed E-state index contributed by atoms with van der Waals surface area (Å²) in [5.41, 5.74) is 17.1. The molecule has 10 rings (SSSR count). The lowest BCUT2D eigenvalue weighted by Crippen LogP contribution is -2.25. The summed E-state index contributed by atoms with van der Waals surface area (Å²) in [6.07, 6.45) is 0.845. The van der Waals surface area contributed by atoms with Crippen LogP contribution in [0.15, 0.2) is 164 Å². The van der Waals surface area contributed by atoms with Crippen LogP contribution in [0.3, 0.4) is 0 Å². The zero-order chi connectivity index (χ0) is 29.5. The van der Waals surface area contributed by atoms with Gasteiger partial charge in [0.25, 0.3) is 0 Å². The van der Waals surface area contributed by atoms with Crippen molar-refractivity contribution in [2.75, 3.05) is 0 Å². The molecule has 1 heterocycles. The fourth-order valence-electron chi connectivity index (χ4n) is 8.65. The van der Waals surface area contributed by atoms with E-state index in [0.717, 1.165) is 6.42 Å². The Kier molecular flexibility index (Phi) is 5.04. The van der Waals surface area contributed by atoms with Gasteiger partial charge in [-0.15, -0.1) is 0 Å². The molecule has 45 heavy (non-hydrogen) atoms. The van der Waals surface area contributed by atoms with Gasteiger partial charge in [0.2, 0.25) is 0 Å². The Morgan fingerprint density at radius 2 is 0.933 bits per heavy atom. The van der Waals surface area contributed by atoms with Crippen LogP contribution in [0, 0.1) is 0 Å². The van der Waals surface area contributed by atoms with E-state index in [2.05, 4.69) is 168 Å². The van der Waals surface area contributed by atoms with Crippen LogP contribution >= 0.6 is 0 Å². The van der Waals surface area contributed by atoms with Crippen LogP contribution in [0.4, 0.5) is 0 Å². The van der Waals surface area contributed by atoms with E-state index in [9.17, 15) is 0 Å². The van der Waals surface area contributed by atoms with Crippen molar-refractivity contribution in [1.82, 2.24) is 4.57 Å². The first-order chi connectivity index (χ1) is 22.4. The van der Waals surface area contributed by atoms with Gasteiger partial charge in [0.05, 0.1) is 16.4 Å². The van der Waals surface area contributed by atoms with Crippen molar-refractivity contribution in [3.8, 4) is 27.9 Å². The summed E-state index contributed by atoms with van der Waals surface area (Å²) in [7, 11) is 0. The Morgan fingerprint density at radius 3 is 1.69 bits per heavy atom. The SMILES string of the molecule is c1ccc(-n2c3ccccc3c3cccc(Cc4cccc5c4-c4ccccc4C54c5ccccc5-c5ccccc54)c32)cc1. The number of rotatable bonds is 3. The molecule has 0 saturated carbocycles. The third-order valence-electron chi connectivity index (χ3n) is 10.3. The molecule has 1 aromatic heterocycles. The highest BCUT2D eigenvalue weighted by molar-refractivity contribution is 6.10. The van der Waals surface area contributed by atoms with Crippen molar-refractivity contribution in [1.29, 1.82) is 0 Å². The quantitative estimate of drug-likeness (QED) is 0.199. The van der Waals surface area contributed by atoms with Crippen LogP contribution < -0.4 is 0 Å². The van der Waals surface area contributed by atoms with Gasteiger partial charge in [0.1, 0.15) is 0 Å². The topological polar surface area (TPSA) is 4.93 Å². The molecule has 1 spiro atoms. The summed E-state index contributed by atoms with van der Waals surface area (Å²) in [5, 5.41) is 2.59. The van der Waals surface area contributed by atoms with E-state index >= 15 is 0 Å². The zero-order valence-corrected chi connectivity index (χ0v) is 24.7. The second-order valence-corrected chi connectivity index (χ2v) is 12.4. The average molecular weight is 572 g/mol. The summed E-state index contributed by atoms with van der Waals surface area (Å²) >= 11 is 0. The Labute approximate surface area is 262 Å². The highest BCUT2D eigenvalue weighted by Gasteiger charge is 2.51. The Hall–Kier alpha value is -5.66. The van der Waals surface area contributed by atoms with Gasteiger partial charge in [-0.2, -0.15) is 0 Å². The summed E-state index contributed by atoms with van der Waals surface area (Å²) in [4.78, 5) is 0. The van der Waals surface area contributed by atoms with Gasteiger partial charge in [0, 0.05) is 22.9 Å². The predicted molar refractivity (Wildman–Crippen MR) is 186 cm³/mol. The van der Waals surface area contributed by atoms with E-state index < -0.39 is 0 Å². The number of benzene rings is 7. The zero-order valence-electron chi connectivity index (χ0n) is 24.7. The van der Waals surface area contributed by atoms with Crippen LogP contribution in [-0.2, 0) is 11.8 Å².